The molecule has 0 amide bonds. The zero-order valence-electron chi connectivity index (χ0n) is 15.9. The first-order valence-corrected chi connectivity index (χ1v) is 9.86. The Morgan fingerprint density at radius 2 is 1.19 bits per heavy atom. The van der Waals surface area contributed by atoms with E-state index in [0.29, 0.717) is 0 Å². The highest BCUT2D eigenvalue weighted by molar-refractivity contribution is 6.09. The van der Waals surface area contributed by atoms with Crippen molar-refractivity contribution in [1.29, 1.82) is 0 Å². The normalized spacial score (nSPS) is 11.6. The molecule has 0 fully saturated rings. The smallest absolute Gasteiger partial charge is 0.0579 e. The summed E-state index contributed by atoms with van der Waals surface area (Å²) in [7, 11) is 0. The molecule has 0 aliphatic heterocycles. The molecule has 0 atom stereocenters. The molecular formula is C26H23N. The maximum atomic E-state index is 2.52. The van der Waals surface area contributed by atoms with Gasteiger partial charge < -0.3 is 4.40 Å². The average molecular weight is 349 g/mol. The third kappa shape index (κ3) is 2.24. The molecule has 0 saturated heterocycles. The van der Waals surface area contributed by atoms with E-state index in [0.717, 1.165) is 12.8 Å². The molecule has 0 radical (unpaired) electrons. The number of fused-ring (bicyclic) bond motifs is 5. The number of para-hydroxylation sites is 1. The zero-order chi connectivity index (χ0) is 18.4. The average Bonchev–Trinajstić information content (AvgIpc) is 3.08. The van der Waals surface area contributed by atoms with Crippen LogP contribution in [0.3, 0.4) is 0 Å². The Labute approximate surface area is 159 Å². The van der Waals surface area contributed by atoms with Crippen LogP contribution in [0.2, 0.25) is 0 Å². The van der Waals surface area contributed by atoms with Crippen molar-refractivity contribution < 1.29 is 0 Å². The summed E-state index contributed by atoms with van der Waals surface area (Å²) in [4.78, 5) is 0. The molecular weight excluding hydrogens is 326 g/mol. The molecule has 2 aromatic heterocycles. The number of hydrogen-bond acceptors (Lipinski definition) is 0. The first kappa shape index (κ1) is 16.1. The Hall–Kier alpha value is -3.06. The highest BCUT2D eigenvalue weighted by Gasteiger charge is 2.20. The molecule has 5 rings (SSSR count). The van der Waals surface area contributed by atoms with Crippen LogP contribution in [0.15, 0.2) is 78.9 Å². The van der Waals surface area contributed by atoms with Crippen LogP contribution < -0.4 is 0 Å². The first-order valence-electron chi connectivity index (χ1n) is 9.86. The van der Waals surface area contributed by atoms with Gasteiger partial charge in [0.2, 0.25) is 0 Å². The van der Waals surface area contributed by atoms with Gasteiger partial charge in [-0.25, -0.2) is 0 Å². The van der Waals surface area contributed by atoms with E-state index in [4.69, 9.17) is 0 Å². The second-order valence-corrected chi connectivity index (χ2v) is 7.13. The fraction of sp³-hybridized carbons (Fsp3) is 0.154. The van der Waals surface area contributed by atoms with Crippen LogP contribution in [0.25, 0.3) is 38.4 Å². The molecule has 0 unspecified atom stereocenters. The molecule has 1 heteroatoms. The molecule has 0 spiro atoms. The van der Waals surface area contributed by atoms with E-state index in [1.54, 1.807) is 0 Å². The number of aryl methyl sites for hydroxylation is 2. The van der Waals surface area contributed by atoms with E-state index in [1.807, 2.05) is 0 Å². The molecule has 132 valence electrons. The number of rotatable bonds is 3. The van der Waals surface area contributed by atoms with Crippen molar-refractivity contribution in [2.75, 3.05) is 0 Å². The number of hydrogen-bond donors (Lipinski definition) is 0. The maximum absolute atomic E-state index is 2.52. The highest BCUT2D eigenvalue weighted by atomic mass is 14.9. The van der Waals surface area contributed by atoms with Gasteiger partial charge in [0.25, 0.3) is 0 Å². The highest BCUT2D eigenvalue weighted by Crippen LogP contribution is 2.40. The Morgan fingerprint density at radius 1 is 0.593 bits per heavy atom. The van der Waals surface area contributed by atoms with Crippen LogP contribution in [-0.4, -0.2) is 4.40 Å². The lowest BCUT2D eigenvalue weighted by Crippen LogP contribution is -2.00. The van der Waals surface area contributed by atoms with Crippen LogP contribution in [0, 0.1) is 0 Å². The molecule has 0 aliphatic rings. The van der Waals surface area contributed by atoms with Crippen LogP contribution in [0.5, 0.6) is 0 Å². The minimum absolute atomic E-state index is 1.01. The van der Waals surface area contributed by atoms with Gasteiger partial charge in [-0.2, -0.15) is 0 Å². The number of pyridine rings is 1. The molecule has 27 heavy (non-hydrogen) atoms. The van der Waals surface area contributed by atoms with E-state index in [-0.39, 0.29) is 0 Å². The summed E-state index contributed by atoms with van der Waals surface area (Å²) in [5.74, 6) is 0. The maximum Gasteiger partial charge on any atom is 0.0579 e. The lowest BCUT2D eigenvalue weighted by atomic mass is 9.95. The van der Waals surface area contributed by atoms with Crippen LogP contribution in [0.4, 0.5) is 0 Å². The summed E-state index contributed by atoms with van der Waals surface area (Å²) in [5, 5.41) is 4.11. The molecule has 0 saturated carbocycles. The second-order valence-electron chi connectivity index (χ2n) is 7.13. The standard InChI is InChI=1S/C26H23N/c1-3-19-21-14-8-9-16-23(21)26-20(4-2)22-15-10-11-17-24(22)27(26)25(19)18-12-6-5-7-13-18/h5-17H,3-4H2,1-2H3. The summed E-state index contributed by atoms with van der Waals surface area (Å²) in [6.07, 6.45) is 2.04. The van der Waals surface area contributed by atoms with Crippen molar-refractivity contribution in [3.63, 3.8) is 0 Å². The van der Waals surface area contributed by atoms with Crippen molar-refractivity contribution in [3.05, 3.63) is 90.0 Å². The van der Waals surface area contributed by atoms with Crippen molar-refractivity contribution in [3.8, 4) is 11.3 Å². The second kappa shape index (κ2) is 6.28. The van der Waals surface area contributed by atoms with E-state index in [9.17, 15) is 0 Å². The van der Waals surface area contributed by atoms with Gasteiger partial charge in [-0.1, -0.05) is 86.6 Å². The van der Waals surface area contributed by atoms with E-state index < -0.39 is 0 Å². The van der Waals surface area contributed by atoms with E-state index in [2.05, 4.69) is 97.1 Å². The lowest BCUT2D eigenvalue weighted by molar-refractivity contribution is 1.11. The topological polar surface area (TPSA) is 4.41 Å². The van der Waals surface area contributed by atoms with Crippen molar-refractivity contribution >= 4 is 27.2 Å². The van der Waals surface area contributed by atoms with E-state index in [1.165, 1.54) is 49.6 Å². The molecule has 3 aromatic carbocycles. The minimum atomic E-state index is 1.01. The predicted molar refractivity (Wildman–Crippen MR) is 117 cm³/mol. The fourth-order valence-electron chi connectivity index (χ4n) is 4.65. The molecule has 0 bridgehead atoms. The minimum Gasteiger partial charge on any atom is -0.308 e. The third-order valence-corrected chi connectivity index (χ3v) is 5.75. The molecule has 0 N–H and O–H groups in total. The van der Waals surface area contributed by atoms with Crippen molar-refractivity contribution in [1.82, 2.24) is 4.40 Å². The van der Waals surface area contributed by atoms with Gasteiger partial charge in [0.15, 0.2) is 0 Å². The van der Waals surface area contributed by atoms with Gasteiger partial charge in [0.1, 0.15) is 0 Å². The summed E-state index contributed by atoms with van der Waals surface area (Å²) in [6.45, 7) is 4.54. The zero-order valence-corrected chi connectivity index (χ0v) is 15.9. The molecule has 5 aromatic rings. The number of aromatic nitrogens is 1. The molecule has 1 nitrogen and oxygen atoms in total. The molecule has 2 heterocycles. The summed E-state index contributed by atoms with van der Waals surface area (Å²) in [6, 6.07) is 28.6. The summed E-state index contributed by atoms with van der Waals surface area (Å²) >= 11 is 0. The summed E-state index contributed by atoms with van der Waals surface area (Å²) < 4.78 is 2.52. The monoisotopic (exact) mass is 349 g/mol. The summed E-state index contributed by atoms with van der Waals surface area (Å²) in [5.41, 5.74) is 8.17. The van der Waals surface area contributed by atoms with Crippen molar-refractivity contribution in [2.45, 2.75) is 26.7 Å². The predicted octanol–water partition coefficient (Wildman–Crippen LogP) is 7.04. The number of benzene rings is 3. The van der Waals surface area contributed by atoms with Gasteiger partial charge in [-0.3, -0.25) is 0 Å². The SMILES string of the molecule is CCc1c(-c2ccccc2)n2c3ccccc3c(CC)c2c2ccccc12. The Kier molecular flexibility index (Phi) is 3.75. The fourth-order valence-corrected chi connectivity index (χ4v) is 4.65. The number of nitrogens with zero attached hydrogens (tertiary/aromatic N) is 1. The lowest BCUT2D eigenvalue weighted by Gasteiger charge is -2.17. The van der Waals surface area contributed by atoms with Gasteiger partial charge in [0.05, 0.1) is 16.7 Å². The van der Waals surface area contributed by atoms with Gasteiger partial charge >= 0.3 is 0 Å². The van der Waals surface area contributed by atoms with Crippen LogP contribution in [0.1, 0.15) is 25.0 Å². The Bertz CT molecular complexity index is 1280. The van der Waals surface area contributed by atoms with Crippen molar-refractivity contribution in [2.24, 2.45) is 0 Å². The molecule has 0 aliphatic carbocycles. The van der Waals surface area contributed by atoms with Crippen LogP contribution in [-0.2, 0) is 12.8 Å². The largest absolute Gasteiger partial charge is 0.308 e. The first-order chi connectivity index (χ1) is 13.3. The Morgan fingerprint density at radius 3 is 1.89 bits per heavy atom. The quantitative estimate of drug-likeness (QED) is 0.329. The van der Waals surface area contributed by atoms with Gasteiger partial charge in [0, 0.05) is 10.8 Å². The van der Waals surface area contributed by atoms with Crippen LogP contribution >= 0.6 is 0 Å². The third-order valence-electron chi connectivity index (χ3n) is 5.75. The van der Waals surface area contributed by atoms with E-state index >= 15 is 0 Å². The van der Waals surface area contributed by atoms with Gasteiger partial charge in [-0.05, 0) is 41.0 Å². The van der Waals surface area contributed by atoms with Gasteiger partial charge in [-0.15, -0.1) is 0 Å². The Balaban J connectivity index is 2.15.